The van der Waals surface area contributed by atoms with Crippen molar-refractivity contribution in [3.05, 3.63) is 32.1 Å². The van der Waals surface area contributed by atoms with Gasteiger partial charge in [0.15, 0.2) is 0 Å². The van der Waals surface area contributed by atoms with E-state index in [1.54, 1.807) is 4.57 Å². The molecule has 1 aromatic rings. The Hall–Kier alpha value is -1.83. The molecule has 78 valence electrons. The van der Waals surface area contributed by atoms with Crippen molar-refractivity contribution < 1.29 is 0 Å². The molecule has 2 heterocycles. The van der Waals surface area contributed by atoms with E-state index in [0.29, 0.717) is 18.7 Å². The Labute approximate surface area is 86.2 Å². The molecule has 0 aromatic carbocycles. The molecule has 15 heavy (non-hydrogen) atoms. The van der Waals surface area contributed by atoms with Crippen molar-refractivity contribution in [3.8, 4) is 6.07 Å². The topological polar surface area (TPSA) is 67.8 Å². The van der Waals surface area contributed by atoms with Crippen molar-refractivity contribution in [2.45, 2.75) is 25.8 Å². The van der Waals surface area contributed by atoms with E-state index in [1.165, 1.54) is 7.05 Å². The van der Waals surface area contributed by atoms with Gasteiger partial charge in [0.05, 0.1) is 0 Å². The highest BCUT2D eigenvalue weighted by Gasteiger charge is 2.19. The maximum atomic E-state index is 11.7. The molecule has 0 atom stereocenters. The quantitative estimate of drug-likeness (QED) is 0.586. The maximum absolute atomic E-state index is 11.7. The van der Waals surface area contributed by atoms with Crippen LogP contribution in [0.2, 0.25) is 0 Å². The summed E-state index contributed by atoms with van der Waals surface area (Å²) in [5.41, 5.74) is -0.0574. The fourth-order valence-corrected chi connectivity index (χ4v) is 1.97. The van der Waals surface area contributed by atoms with Gasteiger partial charge in [0.1, 0.15) is 11.6 Å². The van der Waals surface area contributed by atoms with Crippen LogP contribution in [0.5, 0.6) is 0 Å². The fraction of sp³-hybridized carbons (Fsp3) is 0.500. The highest BCUT2D eigenvalue weighted by atomic mass is 16.2. The van der Waals surface area contributed by atoms with E-state index in [9.17, 15) is 9.59 Å². The van der Waals surface area contributed by atoms with Gasteiger partial charge in [-0.25, -0.2) is 4.79 Å². The zero-order valence-electron chi connectivity index (χ0n) is 8.49. The van der Waals surface area contributed by atoms with Gasteiger partial charge in [-0.15, -0.1) is 0 Å². The highest BCUT2D eigenvalue weighted by molar-refractivity contribution is 5.32. The van der Waals surface area contributed by atoms with Crippen LogP contribution < -0.4 is 11.2 Å². The summed E-state index contributed by atoms with van der Waals surface area (Å²) >= 11 is 0. The second-order valence-corrected chi connectivity index (χ2v) is 3.69. The molecular formula is C10H11N3O2. The second-order valence-electron chi connectivity index (χ2n) is 3.69. The summed E-state index contributed by atoms with van der Waals surface area (Å²) in [4.78, 5) is 23.3. The van der Waals surface area contributed by atoms with Gasteiger partial charge in [0.2, 0.25) is 0 Å². The molecule has 1 aromatic heterocycles. The molecule has 0 saturated carbocycles. The lowest BCUT2D eigenvalue weighted by Crippen LogP contribution is -2.42. The van der Waals surface area contributed by atoms with Crippen LogP contribution in [-0.4, -0.2) is 9.13 Å². The van der Waals surface area contributed by atoms with Gasteiger partial charge in [-0.3, -0.25) is 13.9 Å². The van der Waals surface area contributed by atoms with Gasteiger partial charge >= 0.3 is 5.69 Å². The first kappa shape index (κ1) is 9.71. The summed E-state index contributed by atoms with van der Waals surface area (Å²) in [7, 11) is 1.41. The molecule has 0 aliphatic carbocycles. The second kappa shape index (κ2) is 3.39. The van der Waals surface area contributed by atoms with E-state index < -0.39 is 5.56 Å². The molecule has 0 radical (unpaired) electrons. The predicted octanol–water partition coefficient (Wildman–Crippen LogP) is -0.245. The third-order valence-corrected chi connectivity index (χ3v) is 2.81. The van der Waals surface area contributed by atoms with E-state index >= 15 is 0 Å². The number of aromatic nitrogens is 2. The largest absolute Gasteiger partial charge is 0.330 e. The number of nitriles is 1. The first-order valence-corrected chi connectivity index (χ1v) is 4.89. The lowest BCUT2D eigenvalue weighted by atomic mass is 10.1. The van der Waals surface area contributed by atoms with E-state index in [1.807, 2.05) is 6.07 Å². The van der Waals surface area contributed by atoms with Crippen LogP contribution in [0.3, 0.4) is 0 Å². The fourth-order valence-electron chi connectivity index (χ4n) is 1.97. The Morgan fingerprint density at radius 1 is 1.33 bits per heavy atom. The Morgan fingerprint density at radius 2 is 2.07 bits per heavy atom. The zero-order chi connectivity index (χ0) is 11.0. The molecule has 5 heteroatoms. The Bertz CT molecular complexity index is 560. The number of rotatable bonds is 0. The minimum absolute atomic E-state index is 0.122. The minimum Gasteiger partial charge on any atom is -0.296 e. The standard InChI is InChI=1S/C10H11N3O2/c1-12-9(14)7(6-11)8-4-2-3-5-13(8)10(12)15/h2-5H2,1H3. The van der Waals surface area contributed by atoms with Crippen molar-refractivity contribution in [1.82, 2.24) is 9.13 Å². The SMILES string of the molecule is Cn1c(=O)c(C#N)c2n(c1=O)CCCC2. The first-order chi connectivity index (χ1) is 7.16. The van der Waals surface area contributed by atoms with Gasteiger partial charge in [-0.1, -0.05) is 0 Å². The number of fused-ring (bicyclic) bond motifs is 1. The highest BCUT2D eigenvalue weighted by Crippen LogP contribution is 2.13. The van der Waals surface area contributed by atoms with Crippen LogP contribution in [0.15, 0.2) is 9.59 Å². The van der Waals surface area contributed by atoms with Crippen LogP contribution >= 0.6 is 0 Å². The molecule has 5 nitrogen and oxygen atoms in total. The van der Waals surface area contributed by atoms with Crippen LogP contribution in [0, 0.1) is 11.3 Å². The van der Waals surface area contributed by atoms with Crippen molar-refractivity contribution in [2.75, 3.05) is 0 Å². The van der Waals surface area contributed by atoms with Crippen LogP contribution in [-0.2, 0) is 20.0 Å². The van der Waals surface area contributed by atoms with Crippen molar-refractivity contribution in [3.63, 3.8) is 0 Å². The number of hydrogen-bond donors (Lipinski definition) is 0. The summed E-state index contributed by atoms with van der Waals surface area (Å²) in [5.74, 6) is 0. The zero-order valence-corrected chi connectivity index (χ0v) is 8.49. The first-order valence-electron chi connectivity index (χ1n) is 4.89. The summed E-state index contributed by atoms with van der Waals surface area (Å²) in [6.07, 6.45) is 2.51. The van der Waals surface area contributed by atoms with Gasteiger partial charge in [-0.05, 0) is 19.3 Å². The van der Waals surface area contributed by atoms with Gasteiger partial charge < -0.3 is 0 Å². The van der Waals surface area contributed by atoms with E-state index in [0.717, 1.165) is 17.4 Å². The van der Waals surface area contributed by atoms with E-state index in [-0.39, 0.29) is 11.3 Å². The van der Waals surface area contributed by atoms with Crippen molar-refractivity contribution >= 4 is 0 Å². The van der Waals surface area contributed by atoms with Crippen molar-refractivity contribution in [1.29, 1.82) is 5.26 Å². The number of nitrogens with zero attached hydrogens (tertiary/aromatic N) is 3. The molecule has 1 aliphatic heterocycles. The molecule has 0 fully saturated rings. The predicted molar refractivity (Wildman–Crippen MR) is 53.6 cm³/mol. The third-order valence-electron chi connectivity index (χ3n) is 2.81. The Morgan fingerprint density at radius 3 is 2.73 bits per heavy atom. The molecule has 0 saturated heterocycles. The summed E-state index contributed by atoms with van der Waals surface area (Å²) in [6.45, 7) is 0.608. The van der Waals surface area contributed by atoms with E-state index in [4.69, 9.17) is 5.26 Å². The molecule has 0 unspecified atom stereocenters. The molecule has 2 rings (SSSR count). The van der Waals surface area contributed by atoms with Crippen LogP contribution in [0.1, 0.15) is 24.1 Å². The third kappa shape index (κ3) is 1.30. The van der Waals surface area contributed by atoms with Gasteiger partial charge in [0.25, 0.3) is 5.56 Å². The van der Waals surface area contributed by atoms with E-state index in [2.05, 4.69) is 0 Å². The molecule has 0 bridgehead atoms. The van der Waals surface area contributed by atoms with Gasteiger partial charge in [0, 0.05) is 19.3 Å². The molecular weight excluding hydrogens is 194 g/mol. The van der Waals surface area contributed by atoms with Crippen LogP contribution in [0.25, 0.3) is 0 Å². The minimum atomic E-state index is -0.476. The average molecular weight is 205 g/mol. The lowest BCUT2D eigenvalue weighted by Gasteiger charge is -2.19. The molecule has 0 spiro atoms. The normalized spacial score (nSPS) is 14.4. The summed E-state index contributed by atoms with van der Waals surface area (Å²) in [5, 5.41) is 8.91. The van der Waals surface area contributed by atoms with Crippen molar-refractivity contribution in [2.24, 2.45) is 7.05 Å². The summed E-state index contributed by atoms with van der Waals surface area (Å²) < 4.78 is 2.55. The maximum Gasteiger partial charge on any atom is 0.330 e. The summed E-state index contributed by atoms with van der Waals surface area (Å²) in [6, 6.07) is 1.90. The molecule has 0 amide bonds. The lowest BCUT2D eigenvalue weighted by molar-refractivity contribution is 0.481. The van der Waals surface area contributed by atoms with Crippen LogP contribution in [0.4, 0.5) is 0 Å². The van der Waals surface area contributed by atoms with Gasteiger partial charge in [-0.2, -0.15) is 5.26 Å². The smallest absolute Gasteiger partial charge is 0.296 e. The molecule has 1 aliphatic rings. The Balaban J connectivity index is 2.90. The molecule has 0 N–H and O–H groups in total. The Kier molecular flexibility index (Phi) is 2.19. The monoisotopic (exact) mass is 205 g/mol. The number of hydrogen-bond acceptors (Lipinski definition) is 3. The average Bonchev–Trinajstić information content (AvgIpc) is 2.27.